The van der Waals surface area contributed by atoms with Crippen molar-refractivity contribution in [2.45, 2.75) is 0 Å². The van der Waals surface area contributed by atoms with Crippen LogP contribution in [0.5, 0.6) is 0 Å². The minimum absolute atomic E-state index is 0.00255. The lowest BCUT2D eigenvalue weighted by atomic mass is 10.2. The summed E-state index contributed by atoms with van der Waals surface area (Å²) in [4.78, 5) is 13.7. The second-order valence-electron chi connectivity index (χ2n) is 3.38. The minimum atomic E-state index is -0.00255. The van der Waals surface area contributed by atoms with Crippen LogP contribution in [0.4, 0.5) is 0 Å². The first-order valence-electron chi connectivity index (χ1n) is 4.75. The maximum absolute atomic E-state index is 12.0. The fourth-order valence-corrected chi connectivity index (χ4v) is 2.54. The second-order valence-corrected chi connectivity index (χ2v) is 5.72. The van der Waals surface area contributed by atoms with Crippen LogP contribution in [0.2, 0.25) is 5.02 Å². The van der Waals surface area contributed by atoms with Gasteiger partial charge in [-0.2, -0.15) is 11.8 Å². The van der Waals surface area contributed by atoms with Gasteiger partial charge in [0.2, 0.25) is 0 Å². The van der Waals surface area contributed by atoms with Crippen LogP contribution in [0.3, 0.4) is 0 Å². The Morgan fingerprint density at radius 1 is 1.50 bits per heavy atom. The standard InChI is InChI=1S/C11H13BrClNOS/c1-14(3-4-16-2)11(15)8-5-9(12)7-10(13)6-8/h5-7H,3-4H2,1-2H3. The minimum Gasteiger partial charge on any atom is -0.341 e. The summed E-state index contributed by atoms with van der Waals surface area (Å²) in [5.41, 5.74) is 0.614. The molecule has 0 spiro atoms. The highest BCUT2D eigenvalue weighted by atomic mass is 79.9. The Balaban J connectivity index is 2.79. The molecule has 1 amide bonds. The highest BCUT2D eigenvalue weighted by molar-refractivity contribution is 9.10. The van der Waals surface area contributed by atoms with E-state index in [0.717, 1.165) is 16.8 Å². The molecular formula is C11H13BrClNOS. The molecule has 0 saturated heterocycles. The normalized spacial score (nSPS) is 10.2. The molecule has 0 fully saturated rings. The van der Waals surface area contributed by atoms with Crippen molar-refractivity contribution in [1.29, 1.82) is 0 Å². The molecule has 0 aliphatic rings. The van der Waals surface area contributed by atoms with Crippen molar-refractivity contribution < 1.29 is 4.79 Å². The number of carbonyl (C=O) groups is 1. The van der Waals surface area contributed by atoms with Crippen LogP contribution in [0.1, 0.15) is 10.4 Å². The summed E-state index contributed by atoms with van der Waals surface area (Å²) in [5, 5.41) is 0.566. The van der Waals surface area contributed by atoms with Crippen molar-refractivity contribution in [2.75, 3.05) is 25.6 Å². The zero-order valence-electron chi connectivity index (χ0n) is 9.17. The predicted octanol–water partition coefficient (Wildman–Crippen LogP) is 3.54. The molecule has 0 heterocycles. The zero-order chi connectivity index (χ0) is 12.1. The summed E-state index contributed by atoms with van der Waals surface area (Å²) in [6, 6.07) is 5.23. The summed E-state index contributed by atoms with van der Waals surface area (Å²) in [5.74, 6) is 0.932. The largest absolute Gasteiger partial charge is 0.341 e. The van der Waals surface area contributed by atoms with Gasteiger partial charge < -0.3 is 4.90 Å². The molecule has 0 radical (unpaired) electrons. The molecule has 1 aromatic rings. The number of hydrogen-bond donors (Lipinski definition) is 0. The van der Waals surface area contributed by atoms with Crippen LogP contribution in [0.15, 0.2) is 22.7 Å². The Labute approximate surface area is 113 Å². The lowest BCUT2D eigenvalue weighted by Gasteiger charge is -2.16. The van der Waals surface area contributed by atoms with Gasteiger partial charge in [-0.3, -0.25) is 4.79 Å². The third-order valence-corrected chi connectivity index (χ3v) is 3.35. The first-order valence-corrected chi connectivity index (χ1v) is 7.31. The van der Waals surface area contributed by atoms with Gasteiger partial charge in [-0.25, -0.2) is 0 Å². The number of thioether (sulfide) groups is 1. The van der Waals surface area contributed by atoms with Crippen LogP contribution >= 0.6 is 39.3 Å². The molecule has 2 nitrogen and oxygen atoms in total. The van der Waals surface area contributed by atoms with Gasteiger partial charge in [0.15, 0.2) is 0 Å². The van der Waals surface area contributed by atoms with Gasteiger partial charge >= 0.3 is 0 Å². The van der Waals surface area contributed by atoms with E-state index < -0.39 is 0 Å². The monoisotopic (exact) mass is 321 g/mol. The lowest BCUT2D eigenvalue weighted by Crippen LogP contribution is -2.28. The summed E-state index contributed by atoms with van der Waals surface area (Å²) < 4.78 is 0.821. The van der Waals surface area contributed by atoms with Crippen LogP contribution in [0.25, 0.3) is 0 Å². The molecule has 1 rings (SSSR count). The first kappa shape index (κ1) is 13.9. The average molecular weight is 323 g/mol. The van der Waals surface area contributed by atoms with E-state index in [1.165, 1.54) is 0 Å². The number of amides is 1. The fourth-order valence-electron chi connectivity index (χ4n) is 1.23. The van der Waals surface area contributed by atoms with Gasteiger partial charge in [-0.15, -0.1) is 0 Å². The number of rotatable bonds is 4. The molecule has 0 aliphatic heterocycles. The van der Waals surface area contributed by atoms with Gasteiger partial charge in [0.1, 0.15) is 0 Å². The molecule has 0 unspecified atom stereocenters. The third-order valence-electron chi connectivity index (χ3n) is 2.09. The molecule has 0 aliphatic carbocycles. The summed E-state index contributed by atoms with van der Waals surface area (Å²) >= 11 is 10.9. The molecule has 0 aromatic heterocycles. The van der Waals surface area contributed by atoms with E-state index >= 15 is 0 Å². The fraction of sp³-hybridized carbons (Fsp3) is 0.364. The van der Waals surface area contributed by atoms with Gasteiger partial charge in [-0.1, -0.05) is 27.5 Å². The lowest BCUT2D eigenvalue weighted by molar-refractivity contribution is 0.0803. The summed E-state index contributed by atoms with van der Waals surface area (Å²) in [6.07, 6.45) is 2.02. The van der Waals surface area contributed by atoms with Gasteiger partial charge in [0, 0.05) is 34.4 Å². The Morgan fingerprint density at radius 2 is 2.19 bits per heavy atom. The van der Waals surface area contributed by atoms with E-state index in [9.17, 15) is 4.79 Å². The average Bonchev–Trinajstić information content (AvgIpc) is 2.23. The van der Waals surface area contributed by atoms with Crippen molar-refractivity contribution in [3.8, 4) is 0 Å². The molecule has 0 atom stereocenters. The molecule has 0 saturated carbocycles. The molecule has 0 N–H and O–H groups in total. The van der Waals surface area contributed by atoms with Crippen molar-refractivity contribution in [1.82, 2.24) is 4.90 Å². The second kappa shape index (κ2) is 6.52. The first-order chi connectivity index (χ1) is 7.54. The topological polar surface area (TPSA) is 20.3 Å². The third kappa shape index (κ3) is 4.00. The maximum Gasteiger partial charge on any atom is 0.253 e. The van der Waals surface area contributed by atoms with Crippen molar-refractivity contribution in [2.24, 2.45) is 0 Å². The van der Waals surface area contributed by atoms with E-state index in [2.05, 4.69) is 15.9 Å². The summed E-state index contributed by atoms with van der Waals surface area (Å²) in [7, 11) is 1.80. The SMILES string of the molecule is CSCCN(C)C(=O)c1cc(Cl)cc(Br)c1. The van der Waals surface area contributed by atoms with Crippen LogP contribution in [-0.2, 0) is 0 Å². The molecule has 16 heavy (non-hydrogen) atoms. The number of nitrogens with zero attached hydrogens (tertiary/aromatic N) is 1. The van der Waals surface area contributed by atoms with Crippen LogP contribution in [-0.4, -0.2) is 36.4 Å². The Bertz CT molecular complexity index is 366. The van der Waals surface area contributed by atoms with E-state index in [1.807, 2.05) is 6.26 Å². The molecule has 88 valence electrons. The molecular weight excluding hydrogens is 310 g/mol. The van der Waals surface area contributed by atoms with E-state index in [0.29, 0.717) is 10.6 Å². The molecule has 0 bridgehead atoms. The highest BCUT2D eigenvalue weighted by Gasteiger charge is 2.12. The summed E-state index contributed by atoms with van der Waals surface area (Å²) in [6.45, 7) is 0.740. The Morgan fingerprint density at radius 3 is 2.75 bits per heavy atom. The smallest absolute Gasteiger partial charge is 0.253 e. The Kier molecular flexibility index (Phi) is 5.66. The molecule has 5 heteroatoms. The van der Waals surface area contributed by atoms with E-state index in [-0.39, 0.29) is 5.91 Å². The van der Waals surface area contributed by atoms with Gasteiger partial charge in [-0.05, 0) is 24.5 Å². The zero-order valence-corrected chi connectivity index (χ0v) is 12.3. The Hall–Kier alpha value is -0.190. The van der Waals surface area contributed by atoms with Crippen molar-refractivity contribution in [3.63, 3.8) is 0 Å². The van der Waals surface area contributed by atoms with Crippen LogP contribution < -0.4 is 0 Å². The number of halogens is 2. The van der Waals surface area contributed by atoms with Gasteiger partial charge in [0.25, 0.3) is 5.91 Å². The highest BCUT2D eigenvalue weighted by Crippen LogP contribution is 2.20. The van der Waals surface area contributed by atoms with Gasteiger partial charge in [0.05, 0.1) is 0 Å². The van der Waals surface area contributed by atoms with Crippen molar-refractivity contribution >= 4 is 45.2 Å². The number of carbonyl (C=O) groups excluding carboxylic acids is 1. The maximum atomic E-state index is 12.0. The van der Waals surface area contributed by atoms with E-state index in [4.69, 9.17) is 11.6 Å². The molecule has 1 aromatic carbocycles. The number of hydrogen-bond acceptors (Lipinski definition) is 2. The van der Waals surface area contributed by atoms with Crippen LogP contribution in [0, 0.1) is 0 Å². The van der Waals surface area contributed by atoms with E-state index in [1.54, 1.807) is 41.9 Å². The predicted molar refractivity (Wildman–Crippen MR) is 74.5 cm³/mol. The quantitative estimate of drug-likeness (QED) is 0.845. The number of benzene rings is 1. The van der Waals surface area contributed by atoms with Crippen molar-refractivity contribution in [3.05, 3.63) is 33.3 Å².